The lowest BCUT2D eigenvalue weighted by molar-refractivity contribution is -0.148. The number of allylic oxidation sites excluding steroid dienone is 2. The lowest BCUT2D eigenvalue weighted by atomic mass is 9.84. The fraction of sp³-hybridized carbons (Fsp3) is 0.500. The zero-order valence-electron chi connectivity index (χ0n) is 15.6. The molecule has 27 heavy (non-hydrogen) atoms. The second kappa shape index (κ2) is 9.01. The van der Waals surface area contributed by atoms with Crippen LogP contribution in [0.3, 0.4) is 0 Å². The van der Waals surface area contributed by atoms with Gasteiger partial charge in [-0.15, -0.1) is 0 Å². The molecule has 0 spiro atoms. The Morgan fingerprint density at radius 2 is 2.11 bits per heavy atom. The monoisotopic (exact) mass is 378 g/mol. The van der Waals surface area contributed by atoms with Gasteiger partial charge in [0.2, 0.25) is 0 Å². The Balaban J connectivity index is 2.51. The van der Waals surface area contributed by atoms with E-state index in [1.807, 2.05) is 0 Å². The summed E-state index contributed by atoms with van der Waals surface area (Å²) < 4.78 is 10.9. The average Bonchev–Trinajstić information content (AvgIpc) is 2.96. The quantitative estimate of drug-likeness (QED) is 0.389. The Hall–Kier alpha value is -2.38. The summed E-state index contributed by atoms with van der Waals surface area (Å²) in [6, 6.07) is 0. The van der Waals surface area contributed by atoms with Crippen LogP contribution in [-0.2, 0) is 19.1 Å². The Kier molecular flexibility index (Phi) is 6.98. The molecule has 0 aromatic heterocycles. The van der Waals surface area contributed by atoms with Gasteiger partial charge in [0.25, 0.3) is 0 Å². The third-order valence-electron chi connectivity index (χ3n) is 5.01. The SMILES string of the molecule is C=C1C(=O)O[C@@H]2/C(O)=C(\CO)CC/C=C(\CO)C[C@H](OC(=O)/C(C)=C\C)[C@H]12. The van der Waals surface area contributed by atoms with Crippen LogP contribution >= 0.6 is 0 Å². The first-order valence-corrected chi connectivity index (χ1v) is 8.88. The maximum atomic E-state index is 12.3. The van der Waals surface area contributed by atoms with E-state index in [2.05, 4.69) is 6.58 Å². The lowest BCUT2D eigenvalue weighted by Crippen LogP contribution is -2.36. The van der Waals surface area contributed by atoms with Crippen molar-refractivity contribution in [1.82, 2.24) is 0 Å². The predicted octanol–water partition coefficient (Wildman–Crippen LogP) is 1.87. The molecule has 1 saturated heterocycles. The summed E-state index contributed by atoms with van der Waals surface area (Å²) in [5, 5.41) is 29.9. The van der Waals surface area contributed by atoms with Gasteiger partial charge in [0.1, 0.15) is 11.9 Å². The van der Waals surface area contributed by atoms with Gasteiger partial charge < -0.3 is 24.8 Å². The smallest absolute Gasteiger partial charge is 0.334 e. The van der Waals surface area contributed by atoms with E-state index in [9.17, 15) is 24.9 Å². The van der Waals surface area contributed by atoms with Crippen LogP contribution in [0.25, 0.3) is 0 Å². The van der Waals surface area contributed by atoms with Crippen LogP contribution in [0.5, 0.6) is 0 Å². The van der Waals surface area contributed by atoms with Gasteiger partial charge in [-0.25, -0.2) is 9.59 Å². The van der Waals surface area contributed by atoms with Gasteiger partial charge >= 0.3 is 11.9 Å². The first-order valence-electron chi connectivity index (χ1n) is 8.88. The predicted molar refractivity (Wildman–Crippen MR) is 97.6 cm³/mol. The molecule has 0 amide bonds. The van der Waals surface area contributed by atoms with Crippen molar-refractivity contribution in [2.75, 3.05) is 13.2 Å². The molecule has 0 aromatic rings. The molecule has 1 heterocycles. The van der Waals surface area contributed by atoms with Gasteiger partial charge in [-0.1, -0.05) is 18.7 Å². The summed E-state index contributed by atoms with van der Waals surface area (Å²) in [4.78, 5) is 24.4. The third kappa shape index (κ3) is 4.48. The highest BCUT2D eigenvalue weighted by molar-refractivity contribution is 5.92. The zero-order chi connectivity index (χ0) is 20.1. The van der Waals surface area contributed by atoms with Crippen LogP contribution in [0.1, 0.15) is 33.1 Å². The molecule has 1 fully saturated rings. The second-order valence-corrected chi connectivity index (χ2v) is 6.70. The Morgan fingerprint density at radius 3 is 2.70 bits per heavy atom. The van der Waals surface area contributed by atoms with Gasteiger partial charge in [-0.2, -0.15) is 0 Å². The molecule has 3 N–H and O–H groups in total. The van der Waals surface area contributed by atoms with Gasteiger partial charge in [0.15, 0.2) is 6.10 Å². The van der Waals surface area contributed by atoms with Crippen molar-refractivity contribution in [2.45, 2.75) is 45.3 Å². The highest BCUT2D eigenvalue weighted by Crippen LogP contribution is 2.38. The number of aliphatic hydroxyl groups is 3. The summed E-state index contributed by atoms with van der Waals surface area (Å²) in [5.41, 5.74) is 1.44. The summed E-state index contributed by atoms with van der Waals surface area (Å²) in [6.07, 6.45) is 2.43. The van der Waals surface area contributed by atoms with Crippen LogP contribution in [0.4, 0.5) is 0 Å². The number of hydrogen-bond acceptors (Lipinski definition) is 7. The van der Waals surface area contributed by atoms with Gasteiger partial charge in [0.05, 0.1) is 19.1 Å². The molecule has 1 aliphatic heterocycles. The molecule has 0 unspecified atom stereocenters. The average molecular weight is 378 g/mol. The highest BCUT2D eigenvalue weighted by Gasteiger charge is 2.48. The molecule has 148 valence electrons. The van der Waals surface area contributed by atoms with E-state index in [0.717, 1.165) is 0 Å². The molecule has 0 aromatic carbocycles. The summed E-state index contributed by atoms with van der Waals surface area (Å²) in [7, 11) is 0. The van der Waals surface area contributed by atoms with Crippen molar-refractivity contribution in [3.8, 4) is 0 Å². The van der Waals surface area contributed by atoms with E-state index >= 15 is 0 Å². The van der Waals surface area contributed by atoms with Crippen molar-refractivity contribution in [3.63, 3.8) is 0 Å². The van der Waals surface area contributed by atoms with E-state index in [0.29, 0.717) is 29.6 Å². The molecule has 0 radical (unpaired) electrons. The second-order valence-electron chi connectivity index (χ2n) is 6.70. The number of aliphatic hydroxyl groups excluding tert-OH is 3. The molecule has 0 bridgehead atoms. The first-order chi connectivity index (χ1) is 12.8. The Labute approximate surface area is 158 Å². The zero-order valence-corrected chi connectivity index (χ0v) is 15.6. The number of carbonyl (C=O) groups excluding carboxylic acids is 2. The Morgan fingerprint density at radius 1 is 1.41 bits per heavy atom. The van der Waals surface area contributed by atoms with Gasteiger partial charge in [-0.05, 0) is 37.8 Å². The van der Waals surface area contributed by atoms with Crippen molar-refractivity contribution in [2.24, 2.45) is 5.92 Å². The number of ether oxygens (including phenoxy) is 2. The lowest BCUT2D eigenvalue weighted by Gasteiger charge is -2.29. The van der Waals surface area contributed by atoms with Crippen molar-refractivity contribution >= 4 is 11.9 Å². The highest BCUT2D eigenvalue weighted by atomic mass is 16.6. The van der Waals surface area contributed by atoms with Crippen molar-refractivity contribution < 1.29 is 34.4 Å². The third-order valence-corrected chi connectivity index (χ3v) is 5.01. The number of esters is 2. The molecule has 2 aliphatic rings. The molecule has 3 atom stereocenters. The number of carbonyl (C=O) groups is 2. The number of fused-ring (bicyclic) bond motifs is 1. The van der Waals surface area contributed by atoms with Crippen LogP contribution < -0.4 is 0 Å². The molecule has 1 aliphatic carbocycles. The minimum absolute atomic E-state index is 0.0811. The normalized spacial score (nSPS) is 31.6. The number of rotatable bonds is 4. The topological polar surface area (TPSA) is 113 Å². The summed E-state index contributed by atoms with van der Waals surface area (Å²) in [5.74, 6) is -2.31. The fourth-order valence-electron chi connectivity index (χ4n) is 3.23. The standard InChI is InChI=1S/C20H26O7/c1-4-11(2)19(24)26-15-8-13(9-21)6-5-7-14(10-22)17(23)18-16(15)12(3)20(25)27-18/h4,6,15-16,18,21-23H,3,5,7-10H2,1-2H3/b11-4-,13-6-,17-14+/t15-,16-,18-/m0/s1. The van der Waals surface area contributed by atoms with Gasteiger partial charge in [0, 0.05) is 17.6 Å². The maximum absolute atomic E-state index is 12.3. The Bertz CT molecular complexity index is 712. The van der Waals surface area contributed by atoms with E-state index in [1.54, 1.807) is 26.0 Å². The van der Waals surface area contributed by atoms with Crippen molar-refractivity contribution in [1.29, 1.82) is 0 Å². The van der Waals surface area contributed by atoms with Crippen LogP contribution in [-0.4, -0.2) is 52.7 Å². The summed E-state index contributed by atoms with van der Waals surface area (Å²) >= 11 is 0. The van der Waals surface area contributed by atoms with E-state index in [-0.39, 0.29) is 24.4 Å². The largest absolute Gasteiger partial charge is 0.508 e. The minimum atomic E-state index is -1.09. The van der Waals surface area contributed by atoms with Crippen LogP contribution in [0.2, 0.25) is 0 Å². The molecule has 7 heteroatoms. The molecule has 2 rings (SSSR count). The molecule has 0 saturated carbocycles. The molecular weight excluding hydrogens is 352 g/mol. The number of hydrogen-bond donors (Lipinski definition) is 3. The minimum Gasteiger partial charge on any atom is -0.508 e. The summed E-state index contributed by atoms with van der Waals surface area (Å²) in [6.45, 7) is 6.42. The van der Waals surface area contributed by atoms with Crippen LogP contribution in [0, 0.1) is 5.92 Å². The van der Waals surface area contributed by atoms with Crippen LogP contribution in [0.15, 0.2) is 46.8 Å². The van der Waals surface area contributed by atoms with Crippen molar-refractivity contribution in [3.05, 3.63) is 46.8 Å². The maximum Gasteiger partial charge on any atom is 0.334 e. The fourth-order valence-corrected chi connectivity index (χ4v) is 3.23. The van der Waals surface area contributed by atoms with Gasteiger partial charge in [-0.3, -0.25) is 0 Å². The first kappa shape index (κ1) is 20.9. The molecular formula is C20H26O7. The molecule has 7 nitrogen and oxygen atoms in total. The van der Waals surface area contributed by atoms with E-state index in [1.165, 1.54) is 0 Å². The van der Waals surface area contributed by atoms with E-state index in [4.69, 9.17) is 9.47 Å². The van der Waals surface area contributed by atoms with E-state index < -0.39 is 36.7 Å².